The Labute approximate surface area is 195 Å². The molecular formula is C27H20N4O3. The van der Waals surface area contributed by atoms with E-state index in [2.05, 4.69) is 51.0 Å². The Kier molecular flexibility index (Phi) is 5.82. The van der Waals surface area contributed by atoms with Crippen molar-refractivity contribution in [3.8, 4) is 22.9 Å². The number of phenols is 1. The molecule has 0 spiro atoms. The molecule has 1 aromatic heterocycles. The number of tetrazole rings is 1. The third-order valence-corrected chi connectivity index (χ3v) is 5.37. The maximum absolute atomic E-state index is 12.7. The van der Waals surface area contributed by atoms with E-state index in [9.17, 15) is 9.90 Å². The number of aromatic hydroxyl groups is 1. The number of ketones is 1. The minimum Gasteiger partial charge on any atom is -0.507 e. The summed E-state index contributed by atoms with van der Waals surface area (Å²) in [5, 5.41) is 26.2. The highest BCUT2D eigenvalue weighted by atomic mass is 16.5. The molecule has 166 valence electrons. The van der Waals surface area contributed by atoms with Crippen LogP contribution in [0.3, 0.4) is 0 Å². The number of allylic oxidation sites excluding steroid dienone is 1. The summed E-state index contributed by atoms with van der Waals surface area (Å²) in [5.41, 5.74) is 2.61. The molecular weight excluding hydrogens is 428 g/mol. The van der Waals surface area contributed by atoms with E-state index in [0.717, 1.165) is 11.1 Å². The first-order valence-corrected chi connectivity index (χ1v) is 10.7. The summed E-state index contributed by atoms with van der Waals surface area (Å²) >= 11 is 0. The highest BCUT2D eigenvalue weighted by molar-refractivity contribution is 6.09. The van der Waals surface area contributed by atoms with Crippen LogP contribution in [-0.2, 0) is 6.61 Å². The first-order chi connectivity index (χ1) is 16.7. The lowest BCUT2D eigenvalue weighted by molar-refractivity contribution is 0.104. The van der Waals surface area contributed by atoms with E-state index in [0.29, 0.717) is 23.7 Å². The Bertz CT molecular complexity index is 1490. The molecule has 0 radical (unpaired) electrons. The number of carbonyl (C=O) groups excluding carboxylic acids is 1. The fourth-order valence-electron chi connectivity index (χ4n) is 3.62. The van der Waals surface area contributed by atoms with Gasteiger partial charge in [-0.3, -0.25) is 4.79 Å². The van der Waals surface area contributed by atoms with Crippen molar-refractivity contribution in [3.63, 3.8) is 0 Å². The Morgan fingerprint density at radius 1 is 0.941 bits per heavy atom. The number of rotatable bonds is 7. The van der Waals surface area contributed by atoms with Gasteiger partial charge in [-0.15, -0.1) is 10.2 Å². The van der Waals surface area contributed by atoms with E-state index in [4.69, 9.17) is 4.74 Å². The predicted octanol–water partition coefficient (Wildman–Crippen LogP) is 5.20. The SMILES string of the molecule is O=C(/C=C/c1cccc(OCc2ccc3ccccc3c2)c1)c1cc(-c2nn[nH]n2)ccc1O. The van der Waals surface area contributed by atoms with Crippen LogP contribution >= 0.6 is 0 Å². The van der Waals surface area contributed by atoms with Crippen LogP contribution in [-0.4, -0.2) is 31.5 Å². The first-order valence-electron chi connectivity index (χ1n) is 10.7. The van der Waals surface area contributed by atoms with Gasteiger partial charge in [0.25, 0.3) is 0 Å². The van der Waals surface area contributed by atoms with Crippen LogP contribution in [0, 0.1) is 0 Å². The monoisotopic (exact) mass is 448 g/mol. The van der Waals surface area contributed by atoms with E-state index in [1.807, 2.05) is 36.4 Å². The van der Waals surface area contributed by atoms with Crippen LogP contribution < -0.4 is 4.74 Å². The van der Waals surface area contributed by atoms with Crippen LogP contribution in [0.15, 0.2) is 91.0 Å². The number of hydrogen-bond acceptors (Lipinski definition) is 6. The molecule has 0 saturated carbocycles. The Morgan fingerprint density at radius 2 is 1.82 bits per heavy atom. The van der Waals surface area contributed by atoms with Crippen molar-refractivity contribution in [2.24, 2.45) is 0 Å². The normalized spacial score (nSPS) is 11.2. The zero-order chi connectivity index (χ0) is 23.3. The smallest absolute Gasteiger partial charge is 0.204 e. The van der Waals surface area contributed by atoms with Crippen LogP contribution in [0.1, 0.15) is 21.5 Å². The second-order valence-electron chi connectivity index (χ2n) is 7.71. The summed E-state index contributed by atoms with van der Waals surface area (Å²) in [6.07, 6.45) is 3.10. The number of nitrogens with one attached hydrogen (secondary N) is 1. The molecule has 0 aliphatic heterocycles. The molecule has 34 heavy (non-hydrogen) atoms. The van der Waals surface area contributed by atoms with Gasteiger partial charge in [0.15, 0.2) is 5.78 Å². The summed E-state index contributed by atoms with van der Waals surface area (Å²) in [7, 11) is 0. The molecule has 0 bridgehead atoms. The molecule has 0 aliphatic rings. The number of hydrogen-bond donors (Lipinski definition) is 2. The van der Waals surface area contributed by atoms with Crippen molar-refractivity contribution in [2.75, 3.05) is 0 Å². The van der Waals surface area contributed by atoms with E-state index in [-0.39, 0.29) is 17.1 Å². The van der Waals surface area contributed by atoms with Gasteiger partial charge in [0.05, 0.1) is 5.56 Å². The predicted molar refractivity (Wildman–Crippen MR) is 129 cm³/mol. The highest BCUT2D eigenvalue weighted by Crippen LogP contribution is 2.25. The van der Waals surface area contributed by atoms with Gasteiger partial charge in [0.1, 0.15) is 18.1 Å². The number of fused-ring (bicyclic) bond motifs is 1. The Hall–Kier alpha value is -4.78. The zero-order valence-corrected chi connectivity index (χ0v) is 18.1. The van der Waals surface area contributed by atoms with E-state index < -0.39 is 0 Å². The molecule has 5 rings (SSSR count). The quantitative estimate of drug-likeness (QED) is 0.262. The van der Waals surface area contributed by atoms with Crippen LogP contribution in [0.25, 0.3) is 28.2 Å². The lowest BCUT2D eigenvalue weighted by atomic mass is 10.0. The maximum Gasteiger partial charge on any atom is 0.204 e. The van der Waals surface area contributed by atoms with Gasteiger partial charge < -0.3 is 9.84 Å². The number of aromatic amines is 1. The van der Waals surface area contributed by atoms with Crippen molar-refractivity contribution < 1.29 is 14.6 Å². The molecule has 7 nitrogen and oxygen atoms in total. The first kappa shape index (κ1) is 21.1. The number of benzene rings is 4. The maximum atomic E-state index is 12.7. The van der Waals surface area contributed by atoms with Crippen molar-refractivity contribution in [3.05, 3.63) is 108 Å². The van der Waals surface area contributed by atoms with Crippen molar-refractivity contribution in [2.45, 2.75) is 6.61 Å². The second-order valence-corrected chi connectivity index (χ2v) is 7.71. The Balaban J connectivity index is 1.28. The minimum absolute atomic E-state index is 0.116. The highest BCUT2D eigenvalue weighted by Gasteiger charge is 2.12. The van der Waals surface area contributed by atoms with Crippen molar-refractivity contribution in [1.82, 2.24) is 20.6 Å². The largest absolute Gasteiger partial charge is 0.507 e. The van der Waals surface area contributed by atoms with Crippen LogP contribution in [0.4, 0.5) is 0 Å². The van der Waals surface area contributed by atoms with Gasteiger partial charge >= 0.3 is 0 Å². The van der Waals surface area contributed by atoms with Crippen molar-refractivity contribution in [1.29, 1.82) is 0 Å². The minimum atomic E-state index is -0.342. The second kappa shape index (κ2) is 9.38. The summed E-state index contributed by atoms with van der Waals surface area (Å²) in [6.45, 7) is 0.438. The number of H-pyrrole nitrogens is 1. The molecule has 1 heterocycles. The number of nitrogens with zero attached hydrogens (tertiary/aromatic N) is 3. The molecule has 7 heteroatoms. The number of ether oxygens (including phenoxy) is 1. The van der Waals surface area contributed by atoms with E-state index in [1.165, 1.54) is 29.0 Å². The van der Waals surface area contributed by atoms with Gasteiger partial charge in [0.2, 0.25) is 5.82 Å². The summed E-state index contributed by atoms with van der Waals surface area (Å²) in [5.74, 6) is 0.582. The number of carbonyl (C=O) groups is 1. The summed E-state index contributed by atoms with van der Waals surface area (Å²) in [6, 6.07) is 26.5. The van der Waals surface area contributed by atoms with E-state index in [1.54, 1.807) is 12.1 Å². The molecule has 5 aromatic rings. The average molecular weight is 448 g/mol. The number of aromatic nitrogens is 4. The van der Waals surface area contributed by atoms with Crippen LogP contribution in [0.2, 0.25) is 0 Å². The molecule has 4 aromatic carbocycles. The van der Waals surface area contributed by atoms with Gasteiger partial charge in [-0.05, 0) is 69.6 Å². The molecule has 0 atom stereocenters. The third-order valence-electron chi connectivity index (χ3n) is 5.37. The average Bonchev–Trinajstić information content (AvgIpc) is 3.41. The van der Waals surface area contributed by atoms with Crippen molar-refractivity contribution >= 4 is 22.6 Å². The van der Waals surface area contributed by atoms with E-state index >= 15 is 0 Å². The van der Waals surface area contributed by atoms with Gasteiger partial charge in [-0.25, -0.2) is 0 Å². The lowest BCUT2D eigenvalue weighted by Gasteiger charge is -2.08. The standard InChI is InChI=1S/C27H20N4O3/c32-25(24-16-22(11-13-26(24)33)27-28-30-31-29-27)12-9-18-4-3-7-23(15-18)34-17-19-8-10-20-5-1-2-6-21(20)14-19/h1-16,33H,17H2,(H,28,29,30,31)/b12-9+. The van der Waals surface area contributed by atoms with Crippen LogP contribution in [0.5, 0.6) is 11.5 Å². The molecule has 0 saturated heterocycles. The van der Waals surface area contributed by atoms with Gasteiger partial charge in [-0.1, -0.05) is 54.6 Å². The number of phenolic OH excluding ortho intramolecular Hbond substituents is 1. The molecule has 2 N–H and O–H groups in total. The summed E-state index contributed by atoms with van der Waals surface area (Å²) in [4.78, 5) is 12.7. The topological polar surface area (TPSA) is 101 Å². The molecule has 0 amide bonds. The van der Waals surface area contributed by atoms with Gasteiger partial charge in [0, 0.05) is 5.56 Å². The molecule has 0 unspecified atom stereocenters. The van der Waals surface area contributed by atoms with Gasteiger partial charge in [-0.2, -0.15) is 5.21 Å². The molecule has 0 fully saturated rings. The lowest BCUT2D eigenvalue weighted by Crippen LogP contribution is -1.97. The molecule has 0 aliphatic carbocycles. The third kappa shape index (κ3) is 4.68. The fraction of sp³-hybridized carbons (Fsp3) is 0.0370. The zero-order valence-electron chi connectivity index (χ0n) is 18.1. The fourth-order valence-corrected chi connectivity index (χ4v) is 3.62. The summed E-state index contributed by atoms with van der Waals surface area (Å²) < 4.78 is 5.97. The Morgan fingerprint density at radius 3 is 2.68 bits per heavy atom.